The van der Waals surface area contributed by atoms with E-state index in [1.807, 2.05) is 0 Å². The first kappa shape index (κ1) is 16.5. The summed E-state index contributed by atoms with van der Waals surface area (Å²) in [5, 5.41) is 2.09. The summed E-state index contributed by atoms with van der Waals surface area (Å²) in [6.45, 7) is 3.14. The third-order valence-electron chi connectivity index (χ3n) is 2.34. The highest BCUT2D eigenvalue weighted by Crippen LogP contribution is 2.05. The second kappa shape index (κ2) is 7.93. The number of ether oxygens (including phenoxy) is 2. The average Bonchev–Trinajstić information content (AvgIpc) is 2.45. The molecular formula is C13H15FN2O5. The van der Waals surface area contributed by atoms with Crippen LogP contribution in [-0.2, 0) is 19.1 Å². The smallest absolute Gasteiger partial charge is 0.340 e. The molecule has 114 valence electrons. The molecule has 0 saturated heterocycles. The number of esters is 2. The van der Waals surface area contributed by atoms with E-state index in [-0.39, 0.29) is 18.8 Å². The maximum atomic E-state index is 13.4. The molecule has 0 aliphatic carbocycles. The second-order valence-electron chi connectivity index (χ2n) is 3.77. The second-order valence-corrected chi connectivity index (χ2v) is 3.77. The van der Waals surface area contributed by atoms with E-state index >= 15 is 0 Å². The third kappa shape index (κ3) is 4.51. The molecule has 0 bridgehead atoms. The molecule has 7 nitrogen and oxygen atoms in total. The van der Waals surface area contributed by atoms with Crippen LogP contribution in [0.15, 0.2) is 18.5 Å². The summed E-state index contributed by atoms with van der Waals surface area (Å²) >= 11 is 0. The molecule has 1 amide bonds. The van der Waals surface area contributed by atoms with Gasteiger partial charge in [0.05, 0.1) is 25.0 Å². The highest BCUT2D eigenvalue weighted by Gasteiger charge is 2.32. The Morgan fingerprint density at radius 2 is 1.81 bits per heavy atom. The number of hydrogen-bond donors (Lipinski definition) is 1. The summed E-state index contributed by atoms with van der Waals surface area (Å²) in [7, 11) is 0. The summed E-state index contributed by atoms with van der Waals surface area (Å²) in [4.78, 5) is 38.7. The third-order valence-corrected chi connectivity index (χ3v) is 2.34. The molecule has 0 saturated carbocycles. The topological polar surface area (TPSA) is 94.6 Å². The average molecular weight is 298 g/mol. The van der Waals surface area contributed by atoms with E-state index in [1.54, 1.807) is 13.8 Å². The van der Waals surface area contributed by atoms with Gasteiger partial charge in [0.15, 0.2) is 5.82 Å². The molecule has 8 heteroatoms. The van der Waals surface area contributed by atoms with Gasteiger partial charge >= 0.3 is 11.9 Å². The van der Waals surface area contributed by atoms with E-state index < -0.39 is 29.7 Å². The predicted molar refractivity (Wildman–Crippen MR) is 68.7 cm³/mol. The fraction of sp³-hybridized carbons (Fsp3) is 0.385. The zero-order valence-corrected chi connectivity index (χ0v) is 11.6. The van der Waals surface area contributed by atoms with Crippen molar-refractivity contribution in [1.29, 1.82) is 0 Å². The lowest BCUT2D eigenvalue weighted by molar-refractivity contribution is -0.157. The van der Waals surface area contributed by atoms with Gasteiger partial charge in [0, 0.05) is 6.20 Å². The van der Waals surface area contributed by atoms with Crippen LogP contribution in [-0.4, -0.2) is 42.1 Å². The lowest BCUT2D eigenvalue weighted by Crippen LogP contribution is -2.48. The molecule has 0 spiro atoms. The fourth-order valence-corrected chi connectivity index (χ4v) is 1.43. The highest BCUT2D eigenvalue weighted by atomic mass is 19.1. The van der Waals surface area contributed by atoms with Gasteiger partial charge in [-0.1, -0.05) is 0 Å². The van der Waals surface area contributed by atoms with Gasteiger partial charge < -0.3 is 14.8 Å². The van der Waals surface area contributed by atoms with E-state index in [0.717, 1.165) is 12.3 Å². The summed E-state index contributed by atoms with van der Waals surface area (Å²) < 4.78 is 22.8. The molecule has 0 aliphatic heterocycles. The van der Waals surface area contributed by atoms with Crippen molar-refractivity contribution in [3.63, 3.8) is 0 Å². The molecule has 1 rings (SSSR count). The summed E-state index contributed by atoms with van der Waals surface area (Å²) in [5.74, 6) is -3.76. The maximum Gasteiger partial charge on any atom is 0.340 e. The van der Waals surface area contributed by atoms with Crippen LogP contribution >= 0.6 is 0 Å². The minimum atomic E-state index is -1.65. The van der Waals surface area contributed by atoms with Crippen LogP contribution < -0.4 is 5.32 Å². The van der Waals surface area contributed by atoms with E-state index in [1.165, 1.54) is 6.20 Å². The highest BCUT2D eigenvalue weighted by molar-refractivity contribution is 6.05. The van der Waals surface area contributed by atoms with Crippen LogP contribution in [0.2, 0.25) is 0 Å². The first-order valence-electron chi connectivity index (χ1n) is 6.24. The van der Waals surface area contributed by atoms with Crippen LogP contribution in [0.5, 0.6) is 0 Å². The van der Waals surface area contributed by atoms with Gasteiger partial charge in [-0.3, -0.25) is 9.78 Å². The van der Waals surface area contributed by atoms with Crippen molar-refractivity contribution in [2.75, 3.05) is 13.2 Å². The van der Waals surface area contributed by atoms with Crippen molar-refractivity contribution in [1.82, 2.24) is 10.3 Å². The Balaban J connectivity index is 2.90. The molecule has 1 aromatic heterocycles. The Hall–Kier alpha value is -2.51. The number of halogens is 1. The van der Waals surface area contributed by atoms with E-state index in [0.29, 0.717) is 0 Å². The van der Waals surface area contributed by atoms with Crippen LogP contribution in [0.1, 0.15) is 24.2 Å². The first-order chi connectivity index (χ1) is 10.0. The molecule has 0 unspecified atom stereocenters. The Morgan fingerprint density at radius 3 is 2.29 bits per heavy atom. The lowest BCUT2D eigenvalue weighted by atomic mass is 10.2. The summed E-state index contributed by atoms with van der Waals surface area (Å²) in [5.41, 5.74) is -0.344. The van der Waals surface area contributed by atoms with Gasteiger partial charge in [0.1, 0.15) is 0 Å². The summed E-state index contributed by atoms with van der Waals surface area (Å²) in [6, 6.07) is -0.525. The van der Waals surface area contributed by atoms with E-state index in [2.05, 4.69) is 19.8 Å². The molecule has 0 aliphatic rings. The number of pyridine rings is 1. The van der Waals surface area contributed by atoms with Crippen molar-refractivity contribution in [3.05, 3.63) is 29.8 Å². The van der Waals surface area contributed by atoms with Crippen LogP contribution in [0.4, 0.5) is 4.39 Å². The SMILES string of the molecule is CCOC(=O)C(NC(=O)c1ccncc1F)C(=O)OCC. The summed E-state index contributed by atoms with van der Waals surface area (Å²) in [6.07, 6.45) is 2.06. The van der Waals surface area contributed by atoms with Crippen molar-refractivity contribution < 1.29 is 28.2 Å². The van der Waals surface area contributed by atoms with Gasteiger partial charge in [0.25, 0.3) is 5.91 Å². The van der Waals surface area contributed by atoms with Crippen LogP contribution in [0, 0.1) is 5.82 Å². The Kier molecular flexibility index (Phi) is 6.25. The molecular weight excluding hydrogens is 283 g/mol. The van der Waals surface area contributed by atoms with Gasteiger partial charge in [-0.25, -0.2) is 14.0 Å². The maximum absolute atomic E-state index is 13.4. The van der Waals surface area contributed by atoms with E-state index in [4.69, 9.17) is 0 Å². The molecule has 0 atom stereocenters. The zero-order chi connectivity index (χ0) is 15.8. The van der Waals surface area contributed by atoms with Crippen LogP contribution in [0.3, 0.4) is 0 Å². The molecule has 1 N–H and O–H groups in total. The minimum absolute atomic E-state index is 0.0221. The van der Waals surface area contributed by atoms with E-state index in [9.17, 15) is 18.8 Å². The number of hydrogen-bond acceptors (Lipinski definition) is 6. The molecule has 1 aromatic rings. The van der Waals surface area contributed by atoms with Gasteiger partial charge in [0.2, 0.25) is 6.04 Å². The molecule has 21 heavy (non-hydrogen) atoms. The van der Waals surface area contributed by atoms with Gasteiger partial charge in [-0.2, -0.15) is 0 Å². The van der Waals surface area contributed by atoms with Crippen molar-refractivity contribution >= 4 is 17.8 Å². The normalized spacial score (nSPS) is 10.1. The number of carbonyl (C=O) groups is 3. The fourth-order valence-electron chi connectivity index (χ4n) is 1.43. The molecule has 0 aromatic carbocycles. The number of carbonyl (C=O) groups excluding carboxylic acids is 3. The monoisotopic (exact) mass is 298 g/mol. The first-order valence-corrected chi connectivity index (χ1v) is 6.24. The van der Waals surface area contributed by atoms with Gasteiger partial charge in [-0.15, -0.1) is 0 Å². The number of nitrogens with zero attached hydrogens (tertiary/aromatic N) is 1. The Bertz CT molecular complexity index is 517. The minimum Gasteiger partial charge on any atom is -0.464 e. The largest absolute Gasteiger partial charge is 0.464 e. The molecule has 0 fully saturated rings. The van der Waals surface area contributed by atoms with Gasteiger partial charge in [-0.05, 0) is 19.9 Å². The number of aromatic nitrogens is 1. The zero-order valence-electron chi connectivity index (χ0n) is 11.6. The Morgan fingerprint density at radius 1 is 1.24 bits per heavy atom. The lowest BCUT2D eigenvalue weighted by Gasteiger charge is -2.15. The van der Waals surface area contributed by atoms with Crippen molar-refractivity contribution in [3.8, 4) is 0 Å². The van der Waals surface area contributed by atoms with Crippen LogP contribution in [0.25, 0.3) is 0 Å². The number of rotatable bonds is 6. The van der Waals surface area contributed by atoms with Crippen molar-refractivity contribution in [2.24, 2.45) is 0 Å². The van der Waals surface area contributed by atoms with Crippen molar-refractivity contribution in [2.45, 2.75) is 19.9 Å². The number of nitrogens with one attached hydrogen (secondary N) is 1. The standard InChI is InChI=1S/C13H15FN2O5/c1-3-20-12(18)10(13(19)21-4-2)16-11(17)8-5-6-15-7-9(8)14/h5-7,10H,3-4H2,1-2H3,(H,16,17). The quantitative estimate of drug-likeness (QED) is 0.605. The predicted octanol–water partition coefficient (Wildman–Crippen LogP) is 0.445. The number of amides is 1. The molecule has 1 heterocycles. The molecule has 0 radical (unpaired) electrons. The Labute approximate surface area is 120 Å².